The number of nitrogens with one attached hydrogen (secondary N) is 1. The first-order valence-corrected chi connectivity index (χ1v) is 13.4. The molecule has 0 spiro atoms. The Morgan fingerprint density at radius 2 is 1.90 bits per heavy atom. The number of hydrogen-bond donors (Lipinski definition) is 3. The molecule has 12 nitrogen and oxygen atoms in total. The van der Waals surface area contributed by atoms with Gasteiger partial charge in [0.05, 0.1) is 12.0 Å². The summed E-state index contributed by atoms with van der Waals surface area (Å²) in [6.45, 7) is 9.61. The van der Waals surface area contributed by atoms with Crippen LogP contribution in [0.2, 0.25) is 0 Å². The van der Waals surface area contributed by atoms with E-state index in [0.29, 0.717) is 11.3 Å². The predicted octanol–water partition coefficient (Wildman–Crippen LogP) is 2.64. The molecule has 0 radical (unpaired) electrons. The van der Waals surface area contributed by atoms with Crippen molar-refractivity contribution < 1.29 is 47.2 Å². The summed E-state index contributed by atoms with van der Waals surface area (Å²) in [6, 6.07) is -1.18. The van der Waals surface area contributed by atoms with Gasteiger partial charge >= 0.3 is 24.0 Å². The van der Waals surface area contributed by atoms with Gasteiger partial charge in [0.1, 0.15) is 24.6 Å². The molecule has 2 aliphatic rings. The standard InChI is InChI=1S/C26H42F2N4O8/c1-7-8-9-10-13-37-24(36)31-17-11-12-32(23(35)30-17)21-26(27,28)19(40-20(33)18(29)15(2)3)16(39-21)14-38-22(34)25(4,5)6/h11-12,15-16,18-19,21,23,35H,7-10,13-14,29H2,1-6H3,(H,30,31,36)/t16-,18-,19-,21-,23-/m1/s1. The summed E-state index contributed by atoms with van der Waals surface area (Å²) in [6.07, 6.45) is -2.77. The first kappa shape index (κ1) is 33.4. The Hall–Kier alpha value is -2.84. The monoisotopic (exact) mass is 576 g/mol. The number of hydrogen-bond acceptors (Lipinski definition) is 11. The van der Waals surface area contributed by atoms with Gasteiger partial charge in [-0.3, -0.25) is 14.9 Å². The van der Waals surface area contributed by atoms with Gasteiger partial charge in [-0.25, -0.2) is 9.79 Å². The molecular weight excluding hydrogens is 534 g/mol. The number of unbranched alkanes of at least 4 members (excludes halogenated alkanes) is 3. The van der Waals surface area contributed by atoms with Crippen LogP contribution in [0.25, 0.3) is 0 Å². The van der Waals surface area contributed by atoms with E-state index in [1.165, 1.54) is 6.08 Å². The number of amidine groups is 1. The van der Waals surface area contributed by atoms with Crippen molar-refractivity contribution in [2.45, 2.75) is 104 Å². The van der Waals surface area contributed by atoms with Gasteiger partial charge in [0.25, 0.3) is 0 Å². The highest BCUT2D eigenvalue weighted by Gasteiger charge is 2.64. The Labute approximate surface area is 233 Å². The molecular formula is C26H42F2N4O8. The molecule has 0 aromatic heterocycles. The lowest BCUT2D eigenvalue weighted by molar-refractivity contribution is -0.196. The number of nitrogens with zero attached hydrogens (tertiary/aromatic N) is 2. The highest BCUT2D eigenvalue weighted by atomic mass is 19.3. The normalized spacial score (nSPS) is 24.9. The van der Waals surface area contributed by atoms with E-state index in [4.69, 9.17) is 24.7 Å². The number of rotatable bonds is 11. The number of aliphatic hydroxyl groups is 1. The predicted molar refractivity (Wildman–Crippen MR) is 140 cm³/mol. The molecule has 0 unspecified atom stereocenters. The van der Waals surface area contributed by atoms with Crippen molar-refractivity contribution >= 4 is 23.9 Å². The third-order valence-electron chi connectivity index (χ3n) is 6.23. The second-order valence-corrected chi connectivity index (χ2v) is 11.1. The van der Waals surface area contributed by atoms with E-state index < -0.39 is 72.7 Å². The average molecular weight is 577 g/mol. The minimum atomic E-state index is -3.89. The van der Waals surface area contributed by atoms with Crippen LogP contribution < -0.4 is 11.1 Å². The highest BCUT2D eigenvalue weighted by Crippen LogP contribution is 2.41. The van der Waals surface area contributed by atoms with Gasteiger partial charge in [-0.2, -0.15) is 8.78 Å². The Balaban J connectivity index is 2.15. The number of halogens is 2. The fraction of sp³-hybridized carbons (Fsp3) is 0.769. The maximum absolute atomic E-state index is 15.7. The number of alkyl carbamates (subject to hydrolysis) is 1. The molecule has 1 saturated heterocycles. The van der Waals surface area contributed by atoms with E-state index in [-0.39, 0.29) is 12.4 Å². The van der Waals surface area contributed by atoms with E-state index in [1.807, 2.05) is 0 Å². The third kappa shape index (κ3) is 8.83. The van der Waals surface area contributed by atoms with Crippen molar-refractivity contribution in [1.82, 2.24) is 10.2 Å². The van der Waals surface area contributed by atoms with Crippen LogP contribution in [0.1, 0.15) is 67.2 Å². The van der Waals surface area contributed by atoms with Gasteiger partial charge in [0.15, 0.2) is 6.10 Å². The van der Waals surface area contributed by atoms with Crippen molar-refractivity contribution in [3.8, 4) is 0 Å². The second kappa shape index (κ2) is 14.2. The van der Waals surface area contributed by atoms with Crippen LogP contribution in [0.4, 0.5) is 13.6 Å². The minimum absolute atomic E-state index is 0.120. The lowest BCUT2D eigenvalue weighted by atomic mass is 9.97. The first-order valence-electron chi connectivity index (χ1n) is 13.4. The number of nitrogens with two attached hydrogens (primary N) is 1. The zero-order valence-corrected chi connectivity index (χ0v) is 23.9. The molecule has 228 valence electrons. The summed E-state index contributed by atoms with van der Waals surface area (Å²) in [7, 11) is 0. The zero-order valence-electron chi connectivity index (χ0n) is 23.9. The summed E-state index contributed by atoms with van der Waals surface area (Å²) in [5.74, 6) is -6.17. The lowest BCUT2D eigenvalue weighted by Gasteiger charge is -2.34. The highest BCUT2D eigenvalue weighted by molar-refractivity contribution is 6.02. The number of esters is 2. The number of alkyl halides is 2. The molecule has 2 aliphatic heterocycles. The van der Waals surface area contributed by atoms with Crippen molar-refractivity contribution in [3.05, 3.63) is 12.3 Å². The molecule has 0 bridgehead atoms. The summed E-state index contributed by atoms with van der Waals surface area (Å²) >= 11 is 0. The molecule has 2 rings (SSSR count). The van der Waals surface area contributed by atoms with Crippen LogP contribution in [0, 0.1) is 11.3 Å². The van der Waals surface area contributed by atoms with Crippen LogP contribution >= 0.6 is 0 Å². The summed E-state index contributed by atoms with van der Waals surface area (Å²) in [5.41, 5.74) is 4.86. The van der Waals surface area contributed by atoms with Crippen molar-refractivity contribution in [1.29, 1.82) is 0 Å². The number of amides is 1. The summed E-state index contributed by atoms with van der Waals surface area (Å²) < 4.78 is 52.2. The average Bonchev–Trinajstić information content (AvgIpc) is 3.10. The fourth-order valence-corrected chi connectivity index (χ4v) is 3.69. The van der Waals surface area contributed by atoms with Gasteiger partial charge in [-0.05, 0) is 39.2 Å². The number of carbonyl (C=O) groups excluding carboxylic acids is 3. The second-order valence-electron chi connectivity index (χ2n) is 11.1. The Morgan fingerprint density at radius 3 is 2.48 bits per heavy atom. The van der Waals surface area contributed by atoms with E-state index in [2.05, 4.69) is 17.2 Å². The zero-order chi connectivity index (χ0) is 30.3. The van der Waals surface area contributed by atoms with Crippen LogP contribution in [0.15, 0.2) is 17.3 Å². The Morgan fingerprint density at radius 1 is 1.23 bits per heavy atom. The maximum Gasteiger partial charge on any atom is 0.412 e. The van der Waals surface area contributed by atoms with Crippen molar-refractivity contribution in [3.63, 3.8) is 0 Å². The number of aliphatic hydroxyl groups excluding tert-OH is 1. The molecule has 5 atom stereocenters. The molecule has 1 amide bonds. The van der Waals surface area contributed by atoms with Gasteiger partial charge in [-0.15, -0.1) is 0 Å². The van der Waals surface area contributed by atoms with E-state index in [0.717, 1.165) is 25.5 Å². The first-order chi connectivity index (χ1) is 18.6. The Kier molecular flexibility index (Phi) is 11.8. The molecule has 0 aromatic rings. The van der Waals surface area contributed by atoms with Crippen LogP contribution in [0.3, 0.4) is 0 Å². The molecule has 4 N–H and O–H groups in total. The molecule has 40 heavy (non-hydrogen) atoms. The molecule has 0 saturated carbocycles. The molecule has 0 aromatic carbocycles. The maximum atomic E-state index is 15.7. The number of aliphatic imine (C=N–C) groups is 1. The fourth-order valence-electron chi connectivity index (χ4n) is 3.69. The molecule has 2 heterocycles. The largest absolute Gasteiger partial charge is 0.462 e. The lowest BCUT2D eigenvalue weighted by Crippen LogP contribution is -2.53. The quantitative estimate of drug-likeness (QED) is 0.189. The van der Waals surface area contributed by atoms with Crippen LogP contribution in [-0.2, 0) is 28.5 Å². The topological polar surface area (TPSA) is 162 Å². The van der Waals surface area contributed by atoms with E-state index >= 15 is 8.78 Å². The van der Waals surface area contributed by atoms with Gasteiger partial charge in [0, 0.05) is 6.20 Å². The van der Waals surface area contributed by atoms with Gasteiger partial charge in [0.2, 0.25) is 12.6 Å². The van der Waals surface area contributed by atoms with Gasteiger partial charge < -0.3 is 34.7 Å². The number of ether oxygens (including phenoxy) is 4. The van der Waals surface area contributed by atoms with E-state index in [9.17, 15) is 19.5 Å². The molecule has 1 fully saturated rings. The number of carbonyl (C=O) groups is 3. The minimum Gasteiger partial charge on any atom is -0.462 e. The van der Waals surface area contributed by atoms with E-state index in [1.54, 1.807) is 34.6 Å². The Bertz CT molecular complexity index is 953. The van der Waals surface area contributed by atoms with Gasteiger partial charge in [-0.1, -0.05) is 40.0 Å². The van der Waals surface area contributed by atoms with Crippen molar-refractivity contribution in [2.75, 3.05) is 13.2 Å². The van der Waals surface area contributed by atoms with Crippen molar-refractivity contribution in [2.24, 2.45) is 22.1 Å². The van der Waals surface area contributed by atoms with Crippen LogP contribution in [0.5, 0.6) is 0 Å². The summed E-state index contributed by atoms with van der Waals surface area (Å²) in [4.78, 5) is 41.3. The SMILES string of the molecule is CCCCCCOC(=O)NC1=N[C@@H](O)N([C@@H]2O[C@H](COC(=O)C(C)(C)C)[C@@H](OC(=O)[C@H](N)C(C)C)C2(F)F)C=C1. The molecule has 0 aliphatic carbocycles. The summed E-state index contributed by atoms with van der Waals surface area (Å²) in [5, 5.41) is 12.9. The smallest absolute Gasteiger partial charge is 0.412 e. The third-order valence-corrected chi connectivity index (χ3v) is 6.23. The van der Waals surface area contributed by atoms with Crippen LogP contribution in [-0.4, -0.2) is 83.8 Å². The molecule has 14 heteroatoms.